The SMILES string of the molecule is Cc1cccc(C)c1COS(=O)O. The highest BCUT2D eigenvalue weighted by Crippen LogP contribution is 2.14. The monoisotopic (exact) mass is 200 g/mol. The van der Waals surface area contributed by atoms with Crippen LogP contribution in [0.3, 0.4) is 0 Å². The van der Waals surface area contributed by atoms with Gasteiger partial charge in [-0.05, 0) is 30.5 Å². The summed E-state index contributed by atoms with van der Waals surface area (Å²) in [5.41, 5.74) is 3.13. The van der Waals surface area contributed by atoms with Gasteiger partial charge in [0.15, 0.2) is 0 Å². The van der Waals surface area contributed by atoms with E-state index < -0.39 is 11.4 Å². The van der Waals surface area contributed by atoms with E-state index in [4.69, 9.17) is 4.55 Å². The Morgan fingerprint density at radius 3 is 2.38 bits per heavy atom. The number of rotatable bonds is 3. The molecule has 0 amide bonds. The highest BCUT2D eigenvalue weighted by Gasteiger charge is 2.03. The van der Waals surface area contributed by atoms with Crippen molar-refractivity contribution < 1.29 is 12.9 Å². The third-order valence-electron chi connectivity index (χ3n) is 1.95. The van der Waals surface area contributed by atoms with Gasteiger partial charge in [-0.15, -0.1) is 0 Å². The van der Waals surface area contributed by atoms with Gasteiger partial charge in [-0.3, -0.25) is 8.74 Å². The van der Waals surface area contributed by atoms with Crippen LogP contribution in [0.2, 0.25) is 0 Å². The molecule has 0 aliphatic carbocycles. The zero-order chi connectivity index (χ0) is 9.84. The third-order valence-corrected chi connectivity index (χ3v) is 2.27. The standard InChI is InChI=1S/C9H12O3S/c1-7-4-3-5-8(2)9(7)6-12-13(10)11/h3-5H,6H2,1-2H3,(H,10,11). The van der Waals surface area contributed by atoms with Crippen LogP contribution in [0.1, 0.15) is 16.7 Å². The van der Waals surface area contributed by atoms with Gasteiger partial charge in [-0.2, -0.15) is 4.21 Å². The second-order valence-corrected chi connectivity index (χ2v) is 3.52. The van der Waals surface area contributed by atoms with E-state index in [9.17, 15) is 4.21 Å². The summed E-state index contributed by atoms with van der Waals surface area (Å²) in [6.45, 7) is 4.08. The van der Waals surface area contributed by atoms with Crippen molar-refractivity contribution in [3.8, 4) is 0 Å². The molecule has 1 aromatic carbocycles. The molecule has 1 N–H and O–H groups in total. The van der Waals surface area contributed by atoms with Crippen LogP contribution >= 0.6 is 0 Å². The second-order valence-electron chi connectivity index (χ2n) is 2.85. The van der Waals surface area contributed by atoms with E-state index in [0.29, 0.717) is 0 Å². The quantitative estimate of drug-likeness (QED) is 0.759. The molecule has 0 fully saturated rings. The molecule has 0 aromatic heterocycles. The average Bonchev–Trinajstić information content (AvgIpc) is 2.03. The molecule has 0 saturated carbocycles. The first-order chi connectivity index (χ1) is 6.11. The minimum absolute atomic E-state index is 0.182. The van der Waals surface area contributed by atoms with E-state index >= 15 is 0 Å². The van der Waals surface area contributed by atoms with Crippen molar-refractivity contribution in [1.82, 2.24) is 0 Å². The maximum Gasteiger partial charge on any atom is 0.302 e. The van der Waals surface area contributed by atoms with Crippen LogP contribution in [0.4, 0.5) is 0 Å². The Balaban J connectivity index is 2.81. The van der Waals surface area contributed by atoms with E-state index in [1.807, 2.05) is 32.0 Å². The van der Waals surface area contributed by atoms with E-state index in [2.05, 4.69) is 4.18 Å². The lowest BCUT2D eigenvalue weighted by atomic mass is 10.0. The van der Waals surface area contributed by atoms with Crippen LogP contribution in [0.15, 0.2) is 18.2 Å². The molecule has 3 nitrogen and oxygen atoms in total. The van der Waals surface area contributed by atoms with Gasteiger partial charge in [0.1, 0.15) is 0 Å². The predicted octanol–water partition coefficient (Wildman–Crippen LogP) is 1.96. The second kappa shape index (κ2) is 4.50. The Bertz CT molecular complexity index is 302. The van der Waals surface area contributed by atoms with Gasteiger partial charge in [0.05, 0.1) is 6.61 Å². The summed E-state index contributed by atoms with van der Waals surface area (Å²) in [5, 5.41) is 0. The summed E-state index contributed by atoms with van der Waals surface area (Å²) < 4.78 is 23.3. The molecule has 0 spiro atoms. The zero-order valence-electron chi connectivity index (χ0n) is 7.61. The predicted molar refractivity (Wildman–Crippen MR) is 51.5 cm³/mol. The number of aryl methyl sites for hydroxylation is 2. The fourth-order valence-electron chi connectivity index (χ4n) is 1.19. The van der Waals surface area contributed by atoms with Crippen molar-refractivity contribution in [2.75, 3.05) is 0 Å². The Labute approximate surface area is 80.2 Å². The molecule has 1 rings (SSSR count). The maximum atomic E-state index is 10.3. The van der Waals surface area contributed by atoms with Crippen molar-refractivity contribution in [3.63, 3.8) is 0 Å². The molecule has 0 radical (unpaired) electrons. The summed E-state index contributed by atoms with van der Waals surface area (Å²) in [4.78, 5) is 0. The first kappa shape index (κ1) is 10.4. The lowest BCUT2D eigenvalue weighted by molar-refractivity contribution is 0.296. The van der Waals surface area contributed by atoms with E-state index in [0.717, 1.165) is 16.7 Å². The highest BCUT2D eigenvalue weighted by atomic mass is 32.2. The van der Waals surface area contributed by atoms with Crippen LogP contribution in [0.25, 0.3) is 0 Å². The summed E-state index contributed by atoms with van der Waals surface area (Å²) in [6, 6.07) is 5.85. The largest absolute Gasteiger partial charge is 0.302 e. The molecule has 72 valence electrons. The Hall–Kier alpha value is -0.710. The van der Waals surface area contributed by atoms with E-state index in [-0.39, 0.29) is 6.61 Å². The molecule has 4 heteroatoms. The first-order valence-corrected chi connectivity index (χ1v) is 4.93. The van der Waals surface area contributed by atoms with Crippen LogP contribution < -0.4 is 0 Å². The molecule has 0 heterocycles. The number of benzene rings is 1. The van der Waals surface area contributed by atoms with Crippen molar-refractivity contribution >= 4 is 11.4 Å². The third kappa shape index (κ3) is 2.91. The smallest absolute Gasteiger partial charge is 0.284 e. The van der Waals surface area contributed by atoms with Crippen molar-refractivity contribution in [3.05, 3.63) is 34.9 Å². The van der Waals surface area contributed by atoms with Gasteiger partial charge >= 0.3 is 11.4 Å². The fourth-order valence-corrected chi connectivity index (χ4v) is 1.40. The summed E-state index contributed by atoms with van der Waals surface area (Å²) >= 11 is -2.18. The Kier molecular flexibility index (Phi) is 3.59. The lowest BCUT2D eigenvalue weighted by Crippen LogP contribution is -1.99. The molecule has 1 unspecified atom stereocenters. The van der Waals surface area contributed by atoms with Crippen LogP contribution in [0.5, 0.6) is 0 Å². The molecule has 13 heavy (non-hydrogen) atoms. The van der Waals surface area contributed by atoms with Gasteiger partial charge in [0, 0.05) is 0 Å². The molecule has 1 aromatic rings. The molecule has 0 saturated heterocycles. The minimum atomic E-state index is -2.18. The lowest BCUT2D eigenvalue weighted by Gasteiger charge is -2.07. The summed E-state index contributed by atoms with van der Waals surface area (Å²) in [6.07, 6.45) is 0. The normalized spacial score (nSPS) is 12.8. The van der Waals surface area contributed by atoms with E-state index in [1.165, 1.54) is 0 Å². The Morgan fingerprint density at radius 2 is 1.92 bits per heavy atom. The average molecular weight is 200 g/mol. The highest BCUT2D eigenvalue weighted by molar-refractivity contribution is 7.74. The van der Waals surface area contributed by atoms with Crippen LogP contribution in [-0.4, -0.2) is 8.76 Å². The van der Waals surface area contributed by atoms with Gasteiger partial charge in [-0.1, -0.05) is 18.2 Å². The zero-order valence-corrected chi connectivity index (χ0v) is 8.43. The fraction of sp³-hybridized carbons (Fsp3) is 0.333. The van der Waals surface area contributed by atoms with Gasteiger partial charge in [0.2, 0.25) is 0 Å². The number of hydrogen-bond donors (Lipinski definition) is 1. The van der Waals surface area contributed by atoms with Crippen LogP contribution in [-0.2, 0) is 22.2 Å². The first-order valence-electron chi connectivity index (χ1n) is 3.90. The molecular formula is C9H12O3S. The molecular weight excluding hydrogens is 188 g/mol. The Morgan fingerprint density at radius 1 is 1.38 bits per heavy atom. The van der Waals surface area contributed by atoms with Gasteiger partial charge in [0.25, 0.3) is 0 Å². The minimum Gasteiger partial charge on any atom is -0.284 e. The summed E-state index contributed by atoms with van der Waals surface area (Å²) in [5.74, 6) is 0. The van der Waals surface area contributed by atoms with Crippen molar-refractivity contribution in [1.29, 1.82) is 0 Å². The van der Waals surface area contributed by atoms with Crippen molar-refractivity contribution in [2.45, 2.75) is 20.5 Å². The summed E-state index contributed by atoms with van der Waals surface area (Å²) in [7, 11) is 0. The molecule has 0 bridgehead atoms. The van der Waals surface area contributed by atoms with E-state index in [1.54, 1.807) is 0 Å². The van der Waals surface area contributed by atoms with Gasteiger partial charge in [-0.25, -0.2) is 0 Å². The maximum absolute atomic E-state index is 10.3. The van der Waals surface area contributed by atoms with Crippen LogP contribution in [0, 0.1) is 13.8 Å². The number of hydrogen-bond acceptors (Lipinski definition) is 2. The molecule has 1 atom stereocenters. The molecule has 0 aliphatic rings. The topological polar surface area (TPSA) is 46.5 Å². The van der Waals surface area contributed by atoms with Crippen molar-refractivity contribution in [2.24, 2.45) is 0 Å². The molecule has 0 aliphatic heterocycles. The van der Waals surface area contributed by atoms with Gasteiger partial charge < -0.3 is 0 Å².